The summed E-state index contributed by atoms with van der Waals surface area (Å²) in [4.78, 5) is 14.8. The Hall–Kier alpha value is -2.66. The van der Waals surface area contributed by atoms with Gasteiger partial charge in [-0.25, -0.2) is 8.42 Å². The molecule has 2 aromatic carbocycles. The second-order valence-corrected chi connectivity index (χ2v) is 10.3. The highest BCUT2D eigenvalue weighted by molar-refractivity contribution is 7.89. The SMILES string of the molecule is CCCC#Cc1ccc([C@@H]2[C@@H](CO)N3C(=O)CN(S(=O)(=O)c4ccccc4C)C[C@@H]23)cc1. The van der Waals surface area contributed by atoms with Crippen LogP contribution in [0.15, 0.2) is 53.4 Å². The number of carbonyl (C=O) groups is 1. The van der Waals surface area contributed by atoms with Crippen molar-refractivity contribution in [3.8, 4) is 11.8 Å². The topological polar surface area (TPSA) is 77.9 Å². The van der Waals surface area contributed by atoms with Crippen molar-refractivity contribution in [2.24, 2.45) is 0 Å². The molecule has 0 bridgehead atoms. The Morgan fingerprint density at radius 1 is 1.12 bits per heavy atom. The maximum Gasteiger partial charge on any atom is 0.243 e. The number of carbonyl (C=O) groups excluding carboxylic acids is 1. The first-order chi connectivity index (χ1) is 15.4. The number of benzene rings is 2. The number of amides is 1. The van der Waals surface area contributed by atoms with Crippen LogP contribution in [0.2, 0.25) is 0 Å². The lowest BCUT2D eigenvalue weighted by molar-refractivity contribution is -0.158. The van der Waals surface area contributed by atoms with Gasteiger partial charge in [-0.05, 0) is 42.7 Å². The third-order valence-corrected chi connectivity index (χ3v) is 8.31. The van der Waals surface area contributed by atoms with Crippen LogP contribution in [0.5, 0.6) is 0 Å². The number of piperazine rings is 1. The van der Waals surface area contributed by atoms with Gasteiger partial charge in [0.2, 0.25) is 15.9 Å². The number of aryl methyl sites for hydroxylation is 1. The minimum absolute atomic E-state index is 0.128. The zero-order valence-electron chi connectivity index (χ0n) is 18.4. The van der Waals surface area contributed by atoms with E-state index in [-0.39, 0.29) is 48.5 Å². The Kier molecular flexibility index (Phi) is 6.38. The molecule has 0 radical (unpaired) electrons. The number of rotatable bonds is 5. The molecule has 2 aliphatic rings. The van der Waals surface area contributed by atoms with Gasteiger partial charge in [0.25, 0.3) is 0 Å². The van der Waals surface area contributed by atoms with Crippen molar-refractivity contribution in [1.29, 1.82) is 0 Å². The fourth-order valence-electron chi connectivity index (χ4n) is 4.72. The van der Waals surface area contributed by atoms with Crippen molar-refractivity contribution in [3.63, 3.8) is 0 Å². The lowest BCUT2D eigenvalue weighted by Gasteiger charge is -2.58. The number of hydrogen-bond donors (Lipinski definition) is 1. The third-order valence-electron chi connectivity index (χ3n) is 6.34. The molecule has 0 aliphatic carbocycles. The second-order valence-electron chi connectivity index (χ2n) is 8.38. The van der Waals surface area contributed by atoms with E-state index in [9.17, 15) is 18.3 Å². The highest BCUT2D eigenvalue weighted by Gasteiger charge is 2.55. The van der Waals surface area contributed by atoms with E-state index >= 15 is 0 Å². The van der Waals surface area contributed by atoms with Crippen molar-refractivity contribution in [1.82, 2.24) is 9.21 Å². The molecule has 2 fully saturated rings. The molecular formula is C25H28N2O4S. The van der Waals surface area contributed by atoms with E-state index in [4.69, 9.17) is 0 Å². The Labute approximate surface area is 189 Å². The van der Waals surface area contributed by atoms with Gasteiger partial charge in [0.15, 0.2) is 0 Å². The molecule has 2 aliphatic heterocycles. The minimum atomic E-state index is -3.79. The Morgan fingerprint density at radius 3 is 2.50 bits per heavy atom. The van der Waals surface area contributed by atoms with Gasteiger partial charge in [-0.15, -0.1) is 0 Å². The number of sulfonamides is 1. The molecule has 0 aromatic heterocycles. The number of aliphatic hydroxyl groups is 1. The molecule has 7 heteroatoms. The third kappa shape index (κ3) is 3.95. The molecule has 1 N–H and O–H groups in total. The van der Waals surface area contributed by atoms with Crippen LogP contribution in [-0.4, -0.2) is 60.4 Å². The van der Waals surface area contributed by atoms with Gasteiger partial charge < -0.3 is 10.0 Å². The summed E-state index contributed by atoms with van der Waals surface area (Å²) in [6.45, 7) is 3.69. The van der Waals surface area contributed by atoms with Gasteiger partial charge >= 0.3 is 0 Å². The van der Waals surface area contributed by atoms with Crippen LogP contribution in [0, 0.1) is 18.8 Å². The summed E-state index contributed by atoms with van der Waals surface area (Å²) in [7, 11) is -3.79. The fraction of sp³-hybridized carbons (Fsp3) is 0.400. The smallest absolute Gasteiger partial charge is 0.243 e. The molecular weight excluding hydrogens is 424 g/mol. The van der Waals surface area contributed by atoms with Gasteiger partial charge in [-0.3, -0.25) is 4.79 Å². The van der Waals surface area contributed by atoms with Crippen LogP contribution < -0.4 is 0 Å². The average Bonchev–Trinajstić information content (AvgIpc) is 2.76. The van der Waals surface area contributed by atoms with Crippen molar-refractivity contribution in [2.75, 3.05) is 19.7 Å². The van der Waals surface area contributed by atoms with Gasteiger partial charge in [0.1, 0.15) is 0 Å². The molecule has 3 atom stereocenters. The van der Waals surface area contributed by atoms with E-state index in [1.807, 2.05) is 24.3 Å². The van der Waals surface area contributed by atoms with Gasteiger partial charge in [-0.2, -0.15) is 4.31 Å². The highest BCUT2D eigenvalue weighted by atomic mass is 32.2. The van der Waals surface area contributed by atoms with Gasteiger partial charge in [0.05, 0.1) is 30.1 Å². The van der Waals surface area contributed by atoms with Crippen LogP contribution in [0.4, 0.5) is 0 Å². The average molecular weight is 453 g/mol. The molecule has 0 spiro atoms. The Morgan fingerprint density at radius 2 is 1.84 bits per heavy atom. The summed E-state index contributed by atoms with van der Waals surface area (Å²) in [6, 6.07) is 14.0. The number of aliphatic hydroxyl groups excluding tert-OH is 1. The lowest BCUT2D eigenvalue weighted by atomic mass is 9.74. The molecule has 2 aromatic rings. The van der Waals surface area contributed by atoms with Crippen LogP contribution in [0.1, 0.15) is 42.4 Å². The number of hydrogen-bond acceptors (Lipinski definition) is 4. The summed E-state index contributed by atoms with van der Waals surface area (Å²) >= 11 is 0. The molecule has 32 heavy (non-hydrogen) atoms. The normalized spacial score (nSPS) is 23.2. The predicted molar refractivity (Wildman–Crippen MR) is 122 cm³/mol. The van der Waals surface area contributed by atoms with E-state index < -0.39 is 10.0 Å². The molecule has 2 saturated heterocycles. The summed E-state index contributed by atoms with van der Waals surface area (Å²) in [5, 5.41) is 9.96. The second kappa shape index (κ2) is 9.07. The van der Waals surface area contributed by atoms with Crippen LogP contribution in [0.3, 0.4) is 0 Å². The first-order valence-electron chi connectivity index (χ1n) is 10.9. The highest BCUT2D eigenvalue weighted by Crippen LogP contribution is 2.43. The van der Waals surface area contributed by atoms with Crippen molar-refractivity contribution in [3.05, 3.63) is 65.2 Å². The summed E-state index contributed by atoms with van der Waals surface area (Å²) < 4.78 is 27.9. The summed E-state index contributed by atoms with van der Waals surface area (Å²) in [5.74, 6) is 5.86. The van der Waals surface area contributed by atoms with Crippen LogP contribution in [-0.2, 0) is 14.8 Å². The maximum atomic E-state index is 13.3. The number of fused-ring (bicyclic) bond motifs is 1. The van der Waals surface area contributed by atoms with Crippen LogP contribution in [0.25, 0.3) is 0 Å². The van der Waals surface area contributed by atoms with Gasteiger partial charge in [-0.1, -0.05) is 49.1 Å². The van der Waals surface area contributed by atoms with Crippen molar-refractivity contribution < 1.29 is 18.3 Å². The van der Waals surface area contributed by atoms with Crippen molar-refractivity contribution >= 4 is 15.9 Å². The van der Waals surface area contributed by atoms with E-state index in [0.29, 0.717) is 5.56 Å². The maximum absolute atomic E-state index is 13.3. The monoisotopic (exact) mass is 452 g/mol. The number of unbranched alkanes of at least 4 members (excludes halogenated alkanes) is 1. The van der Waals surface area contributed by atoms with E-state index in [2.05, 4.69) is 18.8 Å². The quantitative estimate of drug-likeness (QED) is 0.707. The largest absolute Gasteiger partial charge is 0.394 e. The Balaban J connectivity index is 1.60. The molecule has 4 rings (SSSR count). The number of nitrogens with zero attached hydrogens (tertiary/aromatic N) is 2. The van der Waals surface area contributed by atoms with Gasteiger partial charge in [0, 0.05) is 24.4 Å². The Bertz CT molecular complexity index is 1160. The first-order valence-corrected chi connectivity index (χ1v) is 12.4. The molecule has 0 unspecified atom stereocenters. The molecule has 2 heterocycles. The van der Waals surface area contributed by atoms with E-state index in [1.165, 1.54) is 4.31 Å². The predicted octanol–water partition coefficient (Wildman–Crippen LogP) is 2.51. The molecule has 168 valence electrons. The lowest BCUT2D eigenvalue weighted by Crippen LogP contribution is -2.73. The zero-order valence-corrected chi connectivity index (χ0v) is 19.2. The van der Waals surface area contributed by atoms with E-state index in [1.54, 1.807) is 36.1 Å². The molecule has 1 amide bonds. The van der Waals surface area contributed by atoms with Crippen molar-refractivity contribution in [2.45, 2.75) is 49.6 Å². The first kappa shape index (κ1) is 22.5. The summed E-state index contributed by atoms with van der Waals surface area (Å²) in [5.41, 5.74) is 2.55. The van der Waals surface area contributed by atoms with Crippen LogP contribution >= 0.6 is 0 Å². The standard InChI is InChI=1S/C25H28N2O4S/c1-3-4-5-9-19-11-13-20(14-12-19)25-21-15-26(16-24(29)27(21)22(25)17-28)32(30,31)23-10-7-6-8-18(23)2/h6-8,10-14,21-22,25,28H,3-4,15-17H2,1-2H3/t21-,22+,25-/m0/s1. The molecule has 6 nitrogen and oxygen atoms in total. The zero-order chi connectivity index (χ0) is 22.9. The fourth-order valence-corrected chi connectivity index (χ4v) is 6.35. The summed E-state index contributed by atoms with van der Waals surface area (Å²) in [6.07, 6.45) is 1.86. The minimum Gasteiger partial charge on any atom is -0.394 e. The van der Waals surface area contributed by atoms with E-state index in [0.717, 1.165) is 24.0 Å². The molecule has 0 saturated carbocycles.